The van der Waals surface area contributed by atoms with E-state index in [1.807, 2.05) is 31.2 Å². The number of aromatic amines is 1. The molecule has 8 heteroatoms. The van der Waals surface area contributed by atoms with E-state index in [-0.39, 0.29) is 24.0 Å². The van der Waals surface area contributed by atoms with Crippen molar-refractivity contribution in [3.05, 3.63) is 50.7 Å². The van der Waals surface area contributed by atoms with E-state index >= 15 is 0 Å². The van der Waals surface area contributed by atoms with Gasteiger partial charge in [0.15, 0.2) is 5.69 Å². The summed E-state index contributed by atoms with van der Waals surface area (Å²) in [5.74, 6) is 0.780. The molecule has 0 radical (unpaired) electrons. The molecule has 1 aromatic carbocycles. The lowest BCUT2D eigenvalue weighted by atomic mass is 10.0. The summed E-state index contributed by atoms with van der Waals surface area (Å²) in [6.07, 6.45) is 6.21. The van der Waals surface area contributed by atoms with E-state index in [2.05, 4.69) is 4.98 Å². The van der Waals surface area contributed by atoms with Crippen LogP contribution in [0.5, 0.6) is 5.75 Å². The number of rotatable bonds is 9. The molecule has 1 amide bonds. The van der Waals surface area contributed by atoms with Crippen molar-refractivity contribution in [3.8, 4) is 5.75 Å². The highest BCUT2D eigenvalue weighted by Crippen LogP contribution is 2.31. The number of aromatic nitrogens is 2. The highest BCUT2D eigenvalue weighted by molar-refractivity contribution is 5.95. The van der Waals surface area contributed by atoms with E-state index < -0.39 is 11.2 Å². The summed E-state index contributed by atoms with van der Waals surface area (Å²) in [7, 11) is 1.57. The largest absolute Gasteiger partial charge is 0.496 e. The van der Waals surface area contributed by atoms with Crippen molar-refractivity contribution in [1.29, 1.82) is 0 Å². The molecule has 168 valence electrons. The molecule has 1 aromatic heterocycles. The maximum atomic E-state index is 13.4. The van der Waals surface area contributed by atoms with Gasteiger partial charge in [0.05, 0.1) is 13.7 Å². The number of hydrogen-bond acceptors (Lipinski definition) is 5. The Balaban J connectivity index is 2.06. The highest BCUT2D eigenvalue weighted by Gasteiger charge is 2.28. The van der Waals surface area contributed by atoms with Gasteiger partial charge in [0.1, 0.15) is 11.6 Å². The maximum Gasteiger partial charge on any atom is 0.330 e. The van der Waals surface area contributed by atoms with Gasteiger partial charge in [-0.15, -0.1) is 0 Å². The van der Waals surface area contributed by atoms with E-state index in [0.717, 1.165) is 44.1 Å². The molecule has 1 aliphatic rings. The smallest absolute Gasteiger partial charge is 0.330 e. The lowest BCUT2D eigenvalue weighted by molar-refractivity contribution is -0.119. The van der Waals surface area contributed by atoms with Crippen molar-refractivity contribution < 1.29 is 9.53 Å². The normalized spacial score (nSPS) is 14.0. The number of benzene rings is 1. The average molecular weight is 429 g/mol. The van der Waals surface area contributed by atoms with Gasteiger partial charge in [-0.25, -0.2) is 4.79 Å². The van der Waals surface area contributed by atoms with E-state index in [0.29, 0.717) is 24.6 Å². The van der Waals surface area contributed by atoms with Crippen LogP contribution in [0.1, 0.15) is 57.4 Å². The fourth-order valence-electron chi connectivity index (χ4n) is 4.24. The minimum Gasteiger partial charge on any atom is -0.496 e. The van der Waals surface area contributed by atoms with E-state index in [9.17, 15) is 14.4 Å². The quantitative estimate of drug-likeness (QED) is 0.638. The number of ether oxygens (including phenoxy) is 1. The van der Waals surface area contributed by atoms with Crippen LogP contribution >= 0.6 is 0 Å². The van der Waals surface area contributed by atoms with Crippen LogP contribution in [-0.2, 0) is 17.9 Å². The molecule has 1 saturated carbocycles. The second-order valence-electron chi connectivity index (χ2n) is 8.14. The molecule has 0 spiro atoms. The Morgan fingerprint density at radius 1 is 1.26 bits per heavy atom. The molecule has 3 rings (SSSR count). The molecule has 31 heavy (non-hydrogen) atoms. The molecular formula is C23H32N4O4. The van der Waals surface area contributed by atoms with E-state index in [1.165, 1.54) is 9.47 Å². The van der Waals surface area contributed by atoms with Gasteiger partial charge in [0, 0.05) is 18.5 Å². The summed E-state index contributed by atoms with van der Waals surface area (Å²) in [5, 5.41) is 0. The van der Waals surface area contributed by atoms with E-state index in [4.69, 9.17) is 10.5 Å². The van der Waals surface area contributed by atoms with Gasteiger partial charge in [-0.3, -0.25) is 24.0 Å². The first-order chi connectivity index (χ1) is 15.0. The SMILES string of the molecule is CCCCn1c(N)c(N(Cc2ccccc2OC)C(=O)CC2CCCC2)c(=O)[nH]c1=O. The van der Waals surface area contributed by atoms with Crippen LogP contribution in [0, 0.1) is 5.92 Å². The number of carbonyl (C=O) groups excluding carboxylic acids is 1. The third-order valence-electron chi connectivity index (χ3n) is 5.98. The number of nitrogens with two attached hydrogens (primary N) is 1. The first kappa shape index (κ1) is 22.7. The Labute approximate surface area is 182 Å². The summed E-state index contributed by atoms with van der Waals surface area (Å²) in [5.41, 5.74) is 5.90. The number of hydrogen-bond donors (Lipinski definition) is 2. The molecule has 0 saturated heterocycles. The minimum atomic E-state index is -0.648. The molecule has 0 aliphatic heterocycles. The van der Waals surface area contributed by atoms with Gasteiger partial charge in [-0.2, -0.15) is 0 Å². The monoisotopic (exact) mass is 428 g/mol. The second-order valence-corrected chi connectivity index (χ2v) is 8.14. The molecular weight excluding hydrogens is 396 g/mol. The lowest BCUT2D eigenvalue weighted by Gasteiger charge is -2.26. The number of amides is 1. The third kappa shape index (κ3) is 5.18. The molecule has 0 unspecified atom stereocenters. The molecule has 8 nitrogen and oxygen atoms in total. The highest BCUT2D eigenvalue weighted by atomic mass is 16.5. The molecule has 1 aliphatic carbocycles. The number of unbranched alkanes of at least 4 members (excludes halogenated alkanes) is 1. The van der Waals surface area contributed by atoms with Gasteiger partial charge >= 0.3 is 5.69 Å². The fraction of sp³-hybridized carbons (Fsp3) is 0.522. The second kappa shape index (κ2) is 10.3. The molecule has 1 heterocycles. The molecule has 1 fully saturated rings. The van der Waals surface area contributed by atoms with Gasteiger partial charge in [0.2, 0.25) is 5.91 Å². The van der Waals surface area contributed by atoms with E-state index in [1.54, 1.807) is 7.11 Å². The third-order valence-corrected chi connectivity index (χ3v) is 5.98. The Morgan fingerprint density at radius 3 is 2.65 bits per heavy atom. The van der Waals surface area contributed by atoms with Crippen molar-refractivity contribution in [1.82, 2.24) is 9.55 Å². The lowest BCUT2D eigenvalue weighted by Crippen LogP contribution is -2.41. The van der Waals surface area contributed by atoms with Crippen LogP contribution in [0.15, 0.2) is 33.9 Å². The summed E-state index contributed by atoms with van der Waals surface area (Å²) >= 11 is 0. The zero-order chi connectivity index (χ0) is 22.4. The average Bonchev–Trinajstić information content (AvgIpc) is 3.26. The Kier molecular flexibility index (Phi) is 7.55. The number of para-hydroxylation sites is 1. The zero-order valence-electron chi connectivity index (χ0n) is 18.4. The Bertz CT molecular complexity index is 1020. The van der Waals surface area contributed by atoms with Crippen molar-refractivity contribution in [2.45, 2.75) is 65.0 Å². The van der Waals surface area contributed by atoms with Crippen LogP contribution < -0.4 is 26.6 Å². The number of carbonyl (C=O) groups is 1. The summed E-state index contributed by atoms with van der Waals surface area (Å²) in [4.78, 5) is 42.4. The van der Waals surface area contributed by atoms with Crippen LogP contribution in [0.3, 0.4) is 0 Å². The van der Waals surface area contributed by atoms with Gasteiger partial charge in [0.25, 0.3) is 5.56 Å². The summed E-state index contributed by atoms with van der Waals surface area (Å²) in [6.45, 7) is 2.52. The van der Waals surface area contributed by atoms with Gasteiger partial charge in [-0.1, -0.05) is 44.4 Å². The summed E-state index contributed by atoms with van der Waals surface area (Å²) in [6, 6.07) is 7.36. The van der Waals surface area contributed by atoms with Gasteiger partial charge < -0.3 is 10.5 Å². The number of H-pyrrole nitrogens is 1. The first-order valence-corrected chi connectivity index (χ1v) is 11.0. The standard InChI is InChI=1S/C23H32N4O4/c1-3-4-13-26-21(24)20(22(29)25-23(26)30)27(19(28)14-16-9-5-6-10-16)15-17-11-7-8-12-18(17)31-2/h7-8,11-12,16H,3-6,9-10,13-15,24H2,1-2H3,(H,25,29,30). The van der Waals surface area contributed by atoms with Crippen molar-refractivity contribution in [2.75, 3.05) is 17.7 Å². The van der Waals surface area contributed by atoms with Crippen LogP contribution in [0.4, 0.5) is 11.5 Å². The van der Waals surface area contributed by atoms with Gasteiger partial charge in [-0.05, 0) is 31.2 Å². The number of nitrogens with zero attached hydrogens (tertiary/aromatic N) is 2. The van der Waals surface area contributed by atoms with Crippen molar-refractivity contribution in [3.63, 3.8) is 0 Å². The molecule has 2 aromatic rings. The minimum absolute atomic E-state index is 0.0249. The number of nitrogens with one attached hydrogen (secondary N) is 1. The van der Waals surface area contributed by atoms with Crippen LogP contribution in [-0.4, -0.2) is 22.6 Å². The zero-order valence-corrected chi connectivity index (χ0v) is 18.4. The number of anilines is 2. The maximum absolute atomic E-state index is 13.4. The van der Waals surface area contributed by atoms with Crippen LogP contribution in [0.25, 0.3) is 0 Å². The summed E-state index contributed by atoms with van der Waals surface area (Å²) < 4.78 is 6.79. The number of nitrogen functional groups attached to an aromatic ring is 1. The van der Waals surface area contributed by atoms with Crippen molar-refractivity contribution >= 4 is 17.4 Å². The molecule has 0 bridgehead atoms. The molecule has 0 atom stereocenters. The predicted molar refractivity (Wildman–Crippen MR) is 121 cm³/mol. The topological polar surface area (TPSA) is 110 Å². The van der Waals surface area contributed by atoms with Crippen LogP contribution in [0.2, 0.25) is 0 Å². The molecule has 3 N–H and O–H groups in total. The Hall–Kier alpha value is -3.03. The Morgan fingerprint density at radius 2 is 1.97 bits per heavy atom. The fourth-order valence-corrected chi connectivity index (χ4v) is 4.24. The first-order valence-electron chi connectivity index (χ1n) is 11.0. The predicted octanol–water partition coefficient (Wildman–Crippen LogP) is 3.04. The number of methoxy groups -OCH3 is 1. The van der Waals surface area contributed by atoms with Crippen molar-refractivity contribution in [2.24, 2.45) is 5.92 Å².